The lowest BCUT2D eigenvalue weighted by atomic mass is 10.1. The fraction of sp³-hybridized carbons (Fsp3) is 0.929. The predicted molar refractivity (Wildman–Crippen MR) is 80.2 cm³/mol. The first-order chi connectivity index (χ1) is 8.72. The minimum Gasteiger partial charge on any atom is -0.379 e. The summed E-state index contributed by atoms with van der Waals surface area (Å²) in [5, 5.41) is 0.850. The monoisotopic (exact) mass is 321 g/mol. The lowest BCUT2D eigenvalue weighted by molar-refractivity contribution is -0.130. The maximum atomic E-state index is 11.8. The van der Waals surface area contributed by atoms with Gasteiger partial charge in [-0.25, -0.2) is 0 Å². The number of amides is 1. The van der Waals surface area contributed by atoms with E-state index in [-0.39, 0.29) is 5.91 Å². The van der Waals surface area contributed by atoms with Gasteiger partial charge in [0.25, 0.3) is 0 Å². The molecule has 0 heterocycles. The van der Waals surface area contributed by atoms with Crippen LogP contribution in [0.3, 0.4) is 0 Å². The van der Waals surface area contributed by atoms with Crippen molar-refractivity contribution in [1.29, 1.82) is 0 Å². The van der Waals surface area contributed by atoms with Crippen LogP contribution in [0, 0.1) is 0 Å². The van der Waals surface area contributed by atoms with Crippen molar-refractivity contribution >= 4 is 21.8 Å². The van der Waals surface area contributed by atoms with Crippen molar-refractivity contribution in [2.75, 3.05) is 32.1 Å². The highest BCUT2D eigenvalue weighted by Crippen LogP contribution is 2.07. The summed E-state index contributed by atoms with van der Waals surface area (Å²) in [5.41, 5.74) is 0. The molecule has 0 bridgehead atoms. The Labute approximate surface area is 120 Å². The van der Waals surface area contributed by atoms with Crippen molar-refractivity contribution in [2.45, 2.75) is 51.9 Å². The molecule has 0 atom stereocenters. The van der Waals surface area contributed by atoms with Crippen molar-refractivity contribution in [2.24, 2.45) is 0 Å². The number of hydrogen-bond donors (Lipinski definition) is 0. The van der Waals surface area contributed by atoms with Gasteiger partial charge in [-0.05, 0) is 6.42 Å². The highest BCUT2D eigenvalue weighted by Gasteiger charge is 2.07. The van der Waals surface area contributed by atoms with E-state index in [2.05, 4.69) is 22.9 Å². The zero-order chi connectivity index (χ0) is 13.6. The van der Waals surface area contributed by atoms with Crippen molar-refractivity contribution in [3.05, 3.63) is 0 Å². The van der Waals surface area contributed by atoms with Gasteiger partial charge in [0.05, 0.1) is 13.2 Å². The number of halogens is 1. The number of ether oxygens (including phenoxy) is 1. The van der Waals surface area contributed by atoms with Crippen LogP contribution in [-0.2, 0) is 9.53 Å². The van der Waals surface area contributed by atoms with E-state index in [1.807, 2.05) is 7.05 Å². The van der Waals surface area contributed by atoms with Crippen LogP contribution >= 0.6 is 15.9 Å². The van der Waals surface area contributed by atoms with Crippen LogP contribution in [0.4, 0.5) is 0 Å². The number of carbonyl (C=O) groups excluding carboxylic acids is 1. The summed E-state index contributed by atoms with van der Waals surface area (Å²) < 4.78 is 5.33. The number of likely N-dealkylation sites (N-methyl/N-ethyl adjacent to an activating group) is 1. The Bertz CT molecular complexity index is 200. The molecule has 0 aliphatic heterocycles. The quantitative estimate of drug-likeness (QED) is 0.406. The number of alkyl halides is 1. The molecule has 0 spiro atoms. The molecule has 108 valence electrons. The van der Waals surface area contributed by atoms with E-state index >= 15 is 0 Å². The third-order valence-corrected chi connectivity index (χ3v) is 3.29. The third kappa shape index (κ3) is 11.0. The van der Waals surface area contributed by atoms with Crippen LogP contribution in [-0.4, -0.2) is 42.9 Å². The summed E-state index contributed by atoms with van der Waals surface area (Å²) in [4.78, 5) is 13.5. The molecule has 0 aromatic rings. The molecule has 0 radical (unpaired) electrons. The summed E-state index contributed by atoms with van der Waals surface area (Å²) in [5.74, 6) is 0.243. The first-order valence-corrected chi connectivity index (χ1v) is 8.22. The normalized spacial score (nSPS) is 10.6. The summed E-state index contributed by atoms with van der Waals surface area (Å²) in [7, 11) is 1.86. The van der Waals surface area contributed by atoms with Crippen LogP contribution in [0.5, 0.6) is 0 Å². The molecular formula is C14H28BrNO2. The molecule has 18 heavy (non-hydrogen) atoms. The van der Waals surface area contributed by atoms with Gasteiger partial charge in [0.2, 0.25) is 5.91 Å². The SMILES string of the molecule is CCCCCCCCC(=O)N(C)CCOCCBr. The Morgan fingerprint density at radius 2 is 1.78 bits per heavy atom. The smallest absolute Gasteiger partial charge is 0.222 e. The molecule has 0 fully saturated rings. The lowest BCUT2D eigenvalue weighted by Crippen LogP contribution is -2.30. The van der Waals surface area contributed by atoms with E-state index in [9.17, 15) is 4.79 Å². The lowest BCUT2D eigenvalue weighted by Gasteiger charge is -2.16. The Morgan fingerprint density at radius 3 is 2.44 bits per heavy atom. The molecule has 0 rings (SSSR count). The summed E-state index contributed by atoms with van der Waals surface area (Å²) in [6.07, 6.45) is 8.05. The van der Waals surface area contributed by atoms with Crippen molar-refractivity contribution in [3.63, 3.8) is 0 Å². The molecular weight excluding hydrogens is 294 g/mol. The Morgan fingerprint density at radius 1 is 1.11 bits per heavy atom. The van der Waals surface area contributed by atoms with Gasteiger partial charge in [-0.1, -0.05) is 55.0 Å². The largest absolute Gasteiger partial charge is 0.379 e. The number of unbranched alkanes of at least 4 members (excludes halogenated alkanes) is 5. The maximum absolute atomic E-state index is 11.8. The van der Waals surface area contributed by atoms with Gasteiger partial charge in [0.1, 0.15) is 0 Å². The standard InChI is InChI=1S/C14H28BrNO2/c1-3-4-5-6-7-8-9-14(17)16(2)11-13-18-12-10-15/h3-13H2,1-2H3. The van der Waals surface area contributed by atoms with Crippen LogP contribution in [0.1, 0.15) is 51.9 Å². The second kappa shape index (κ2) is 13.3. The molecule has 3 nitrogen and oxygen atoms in total. The average molecular weight is 322 g/mol. The Kier molecular flexibility index (Phi) is 13.3. The van der Waals surface area contributed by atoms with E-state index in [4.69, 9.17) is 4.74 Å². The van der Waals surface area contributed by atoms with Gasteiger partial charge in [0.15, 0.2) is 0 Å². The number of hydrogen-bond acceptors (Lipinski definition) is 2. The highest BCUT2D eigenvalue weighted by molar-refractivity contribution is 9.09. The van der Waals surface area contributed by atoms with Gasteiger partial charge >= 0.3 is 0 Å². The van der Waals surface area contributed by atoms with Gasteiger partial charge in [-0.15, -0.1) is 0 Å². The summed E-state index contributed by atoms with van der Waals surface area (Å²) in [6, 6.07) is 0. The minimum atomic E-state index is 0.243. The second-order valence-electron chi connectivity index (χ2n) is 4.63. The number of carbonyl (C=O) groups is 1. The zero-order valence-corrected chi connectivity index (χ0v) is 13.5. The molecule has 0 saturated heterocycles. The van der Waals surface area contributed by atoms with Gasteiger partial charge in [0, 0.05) is 25.3 Å². The molecule has 0 unspecified atom stereocenters. The van der Waals surface area contributed by atoms with Crippen LogP contribution < -0.4 is 0 Å². The maximum Gasteiger partial charge on any atom is 0.222 e. The molecule has 0 saturated carbocycles. The molecule has 0 aromatic heterocycles. The van der Waals surface area contributed by atoms with E-state index in [1.54, 1.807) is 4.90 Å². The fourth-order valence-electron chi connectivity index (χ4n) is 1.73. The van der Waals surface area contributed by atoms with Crippen molar-refractivity contribution in [1.82, 2.24) is 4.90 Å². The van der Waals surface area contributed by atoms with Crippen LogP contribution in [0.25, 0.3) is 0 Å². The Hall–Kier alpha value is -0.0900. The summed E-state index contributed by atoms with van der Waals surface area (Å²) in [6.45, 7) is 4.25. The number of rotatable bonds is 12. The molecule has 0 aromatic carbocycles. The predicted octanol–water partition coefficient (Wildman–Crippen LogP) is 3.61. The second-order valence-corrected chi connectivity index (χ2v) is 5.43. The van der Waals surface area contributed by atoms with E-state index in [1.165, 1.54) is 32.1 Å². The van der Waals surface area contributed by atoms with Gasteiger partial charge < -0.3 is 9.64 Å². The van der Waals surface area contributed by atoms with Gasteiger partial charge in [-0.2, -0.15) is 0 Å². The first-order valence-electron chi connectivity index (χ1n) is 7.10. The number of nitrogens with zero attached hydrogens (tertiary/aromatic N) is 1. The average Bonchev–Trinajstić information content (AvgIpc) is 2.38. The minimum absolute atomic E-state index is 0.243. The Balaban J connectivity index is 3.38. The molecule has 4 heteroatoms. The van der Waals surface area contributed by atoms with E-state index in [0.717, 1.165) is 11.8 Å². The van der Waals surface area contributed by atoms with Crippen molar-refractivity contribution < 1.29 is 9.53 Å². The zero-order valence-electron chi connectivity index (χ0n) is 11.9. The highest BCUT2D eigenvalue weighted by atomic mass is 79.9. The van der Waals surface area contributed by atoms with Crippen LogP contribution in [0.2, 0.25) is 0 Å². The molecule has 1 amide bonds. The topological polar surface area (TPSA) is 29.5 Å². The van der Waals surface area contributed by atoms with Crippen molar-refractivity contribution in [3.8, 4) is 0 Å². The molecule has 0 aliphatic carbocycles. The first kappa shape index (κ1) is 17.9. The molecule has 0 N–H and O–H groups in total. The molecule has 0 aliphatic rings. The van der Waals surface area contributed by atoms with E-state index in [0.29, 0.717) is 26.2 Å². The summed E-state index contributed by atoms with van der Waals surface area (Å²) >= 11 is 3.30. The van der Waals surface area contributed by atoms with Gasteiger partial charge in [-0.3, -0.25) is 4.79 Å². The van der Waals surface area contributed by atoms with Crippen LogP contribution in [0.15, 0.2) is 0 Å². The van der Waals surface area contributed by atoms with E-state index < -0.39 is 0 Å². The fourth-order valence-corrected chi connectivity index (χ4v) is 1.96. The third-order valence-electron chi connectivity index (χ3n) is 2.96.